The van der Waals surface area contributed by atoms with E-state index in [0.717, 1.165) is 13.0 Å². The Hall–Kier alpha value is -0.940. The van der Waals surface area contributed by atoms with Crippen LogP contribution in [0.4, 0.5) is 4.39 Å². The predicted molar refractivity (Wildman–Crippen MR) is 64.1 cm³/mol. The number of rotatable bonds is 3. The lowest BCUT2D eigenvalue weighted by molar-refractivity contribution is 0.514. The maximum atomic E-state index is 13.6. The van der Waals surface area contributed by atoms with Gasteiger partial charge in [-0.05, 0) is 31.5 Å². The van der Waals surface area contributed by atoms with Crippen molar-refractivity contribution in [2.45, 2.75) is 36.5 Å². The summed E-state index contributed by atoms with van der Waals surface area (Å²) in [5, 5.41) is 2.56. The Morgan fingerprint density at radius 3 is 2.76 bits per heavy atom. The van der Waals surface area contributed by atoms with E-state index >= 15 is 0 Å². The van der Waals surface area contributed by atoms with Crippen LogP contribution in [0, 0.1) is 5.82 Å². The largest absolute Gasteiger partial charge is 0.309 e. The molecule has 0 fully saturated rings. The molecule has 0 saturated heterocycles. The lowest BCUT2D eigenvalue weighted by Gasteiger charge is -2.16. The molecule has 3 nitrogen and oxygen atoms in total. The molecular weight excluding hydrogens is 241 g/mol. The first-order valence-corrected chi connectivity index (χ1v) is 7.30. The van der Waals surface area contributed by atoms with Gasteiger partial charge in [0.15, 0.2) is 9.84 Å². The molecule has 1 aliphatic rings. The molecule has 0 aromatic heterocycles. The Bertz CT molecular complexity index is 527. The summed E-state index contributed by atoms with van der Waals surface area (Å²) in [4.78, 5) is -0.124. The number of halogens is 1. The third-order valence-electron chi connectivity index (χ3n) is 3.19. The van der Waals surface area contributed by atoms with Crippen molar-refractivity contribution in [1.29, 1.82) is 0 Å². The number of sulfone groups is 1. The summed E-state index contributed by atoms with van der Waals surface area (Å²) >= 11 is 0. The van der Waals surface area contributed by atoms with Crippen molar-refractivity contribution < 1.29 is 12.8 Å². The summed E-state index contributed by atoms with van der Waals surface area (Å²) in [6, 6.07) is 4.14. The van der Waals surface area contributed by atoms with Crippen LogP contribution in [0.3, 0.4) is 0 Å². The Morgan fingerprint density at radius 2 is 2.12 bits per heavy atom. The van der Waals surface area contributed by atoms with Crippen molar-refractivity contribution in [2.24, 2.45) is 0 Å². The maximum absolute atomic E-state index is 13.6. The van der Waals surface area contributed by atoms with E-state index in [0.29, 0.717) is 5.56 Å². The van der Waals surface area contributed by atoms with Gasteiger partial charge in [0.25, 0.3) is 0 Å². The normalized spacial score (nSPS) is 25.8. The fourth-order valence-corrected chi connectivity index (χ4v) is 4.10. The highest BCUT2D eigenvalue weighted by molar-refractivity contribution is 7.92. The smallest absolute Gasteiger partial charge is 0.186 e. The molecule has 2 atom stereocenters. The zero-order chi connectivity index (χ0) is 12.6. The molecule has 0 amide bonds. The van der Waals surface area contributed by atoms with Crippen LogP contribution >= 0.6 is 0 Å². The summed E-state index contributed by atoms with van der Waals surface area (Å²) in [6.45, 7) is 4.36. The summed E-state index contributed by atoms with van der Waals surface area (Å²) in [5.74, 6) is -0.643. The molecule has 1 aliphatic heterocycles. The molecule has 0 aliphatic carbocycles. The molecule has 0 saturated carbocycles. The van der Waals surface area contributed by atoms with E-state index in [1.165, 1.54) is 6.07 Å². The van der Waals surface area contributed by atoms with E-state index in [2.05, 4.69) is 5.32 Å². The molecular formula is C12H16FNO2S. The van der Waals surface area contributed by atoms with E-state index in [1.807, 2.05) is 6.92 Å². The van der Waals surface area contributed by atoms with E-state index in [4.69, 9.17) is 0 Å². The van der Waals surface area contributed by atoms with Crippen LogP contribution in [0.1, 0.15) is 31.9 Å². The number of fused-ring (bicyclic) bond motifs is 1. The van der Waals surface area contributed by atoms with Crippen LogP contribution in [0.25, 0.3) is 0 Å². The predicted octanol–water partition coefficient (Wildman–Crippen LogP) is 2.04. The van der Waals surface area contributed by atoms with Gasteiger partial charge in [-0.25, -0.2) is 12.8 Å². The number of hydrogen-bond donors (Lipinski definition) is 1. The Balaban J connectivity index is 2.52. The van der Waals surface area contributed by atoms with Crippen molar-refractivity contribution in [2.75, 3.05) is 6.54 Å². The second-order valence-electron chi connectivity index (χ2n) is 4.34. The third-order valence-corrected chi connectivity index (χ3v) is 5.44. The van der Waals surface area contributed by atoms with Gasteiger partial charge in [-0.1, -0.05) is 19.1 Å². The van der Waals surface area contributed by atoms with Crippen molar-refractivity contribution in [1.82, 2.24) is 5.32 Å². The molecule has 94 valence electrons. The molecule has 0 spiro atoms. The fourth-order valence-electron chi connectivity index (χ4n) is 2.26. The molecule has 1 aromatic rings. The summed E-state index contributed by atoms with van der Waals surface area (Å²) < 4.78 is 37.8. The number of benzene rings is 1. The zero-order valence-electron chi connectivity index (χ0n) is 9.90. The summed E-state index contributed by atoms with van der Waals surface area (Å²) in [5.41, 5.74) is 0.561. The third kappa shape index (κ3) is 1.87. The van der Waals surface area contributed by atoms with Crippen molar-refractivity contribution in [3.8, 4) is 0 Å². The Morgan fingerprint density at radius 1 is 1.41 bits per heavy atom. The minimum Gasteiger partial charge on any atom is -0.309 e. The van der Waals surface area contributed by atoms with Crippen LogP contribution in [-0.2, 0) is 9.84 Å². The molecule has 2 unspecified atom stereocenters. The molecule has 17 heavy (non-hydrogen) atoms. The Kier molecular flexibility index (Phi) is 3.23. The number of hydrogen-bond acceptors (Lipinski definition) is 3. The second-order valence-corrected chi connectivity index (χ2v) is 6.58. The molecule has 2 rings (SSSR count). The minimum atomic E-state index is -3.53. The van der Waals surface area contributed by atoms with Gasteiger partial charge in [0.05, 0.1) is 11.3 Å². The molecule has 1 N–H and O–H groups in total. The van der Waals surface area contributed by atoms with Gasteiger partial charge in [-0.3, -0.25) is 0 Å². The number of nitrogens with one attached hydrogen (secondary N) is 1. The van der Waals surface area contributed by atoms with Crippen molar-refractivity contribution in [3.63, 3.8) is 0 Å². The average Bonchev–Trinajstić information content (AvgIpc) is 2.47. The van der Waals surface area contributed by atoms with E-state index in [9.17, 15) is 12.8 Å². The van der Waals surface area contributed by atoms with Gasteiger partial charge in [0, 0.05) is 0 Å². The molecule has 1 aromatic carbocycles. The quantitative estimate of drug-likeness (QED) is 0.901. The second kappa shape index (κ2) is 4.38. The Labute approximate surface area is 101 Å². The van der Waals surface area contributed by atoms with E-state index in [-0.39, 0.29) is 10.9 Å². The highest BCUT2D eigenvalue weighted by Crippen LogP contribution is 2.40. The standard InChI is InChI=1S/C12H16FNO2S/c1-3-7-14-11-8(2)17(15,16)12-9(11)5-4-6-10(12)13/h4-6,8,11,14H,3,7H2,1-2H3. The topological polar surface area (TPSA) is 46.2 Å². The van der Waals surface area contributed by atoms with Gasteiger partial charge in [-0.15, -0.1) is 0 Å². The van der Waals surface area contributed by atoms with Crippen LogP contribution < -0.4 is 5.32 Å². The SMILES string of the molecule is CCCNC1c2cccc(F)c2S(=O)(=O)C1C. The average molecular weight is 257 g/mol. The first-order chi connectivity index (χ1) is 8.00. The molecule has 0 radical (unpaired) electrons. The van der Waals surface area contributed by atoms with Gasteiger partial charge in [-0.2, -0.15) is 0 Å². The first-order valence-electron chi connectivity index (χ1n) is 5.75. The molecule has 0 bridgehead atoms. The van der Waals surface area contributed by atoms with Crippen LogP contribution in [0.2, 0.25) is 0 Å². The lowest BCUT2D eigenvalue weighted by Crippen LogP contribution is -2.30. The fraction of sp³-hybridized carbons (Fsp3) is 0.500. The summed E-state index contributed by atoms with van der Waals surface area (Å²) in [7, 11) is -3.53. The zero-order valence-corrected chi connectivity index (χ0v) is 10.7. The van der Waals surface area contributed by atoms with E-state index in [1.54, 1.807) is 19.1 Å². The van der Waals surface area contributed by atoms with Crippen molar-refractivity contribution >= 4 is 9.84 Å². The minimum absolute atomic E-state index is 0.124. The highest BCUT2D eigenvalue weighted by atomic mass is 32.2. The van der Waals surface area contributed by atoms with Crippen LogP contribution in [0.5, 0.6) is 0 Å². The van der Waals surface area contributed by atoms with Gasteiger partial charge >= 0.3 is 0 Å². The lowest BCUT2D eigenvalue weighted by atomic mass is 10.0. The van der Waals surface area contributed by atoms with Gasteiger partial charge < -0.3 is 5.32 Å². The van der Waals surface area contributed by atoms with Gasteiger partial charge in [0.1, 0.15) is 10.7 Å². The van der Waals surface area contributed by atoms with Crippen LogP contribution in [-0.4, -0.2) is 20.2 Å². The maximum Gasteiger partial charge on any atom is 0.186 e. The van der Waals surface area contributed by atoms with Crippen LogP contribution in [0.15, 0.2) is 23.1 Å². The monoisotopic (exact) mass is 257 g/mol. The van der Waals surface area contributed by atoms with E-state index < -0.39 is 20.9 Å². The summed E-state index contributed by atoms with van der Waals surface area (Å²) in [6.07, 6.45) is 0.911. The first kappa shape index (κ1) is 12.5. The highest BCUT2D eigenvalue weighted by Gasteiger charge is 2.43. The molecule has 1 heterocycles. The van der Waals surface area contributed by atoms with Crippen molar-refractivity contribution in [3.05, 3.63) is 29.6 Å². The molecule has 5 heteroatoms. The van der Waals surface area contributed by atoms with Gasteiger partial charge in [0.2, 0.25) is 0 Å².